The molecule has 1 N–H and O–H groups in total. The first-order valence-corrected chi connectivity index (χ1v) is 25.2. The van der Waals surface area contributed by atoms with Crippen LogP contribution in [0.15, 0.2) is 195 Å². The Kier molecular flexibility index (Phi) is 18.8. The summed E-state index contributed by atoms with van der Waals surface area (Å²) in [5.41, 5.74) is 0.832. The standard InChI is InChI=1S/C60H54O19/c1-2-33-68-58-49(79-60-51(77-57(67)42-31-19-8-20-32-42)48(75-55(65)40-27-15-6-16-28-40)45(73-60)36-70-53(63)38-23-11-4-12-24-38)46(43(61)34-71-58)78-59-50(76-56(66)41-29-17-7-18-30-41)47(74-54(64)39-25-13-5-14-26-39)44(72-59)35-69-52(62)37-21-9-3-10-22-37/h2-32,43-51,58-61H,1,33-36H2/t43-,44+,45+,46+,47+,48+,49-,50-,51-,58-,59+,60+/m1/s1. The van der Waals surface area contributed by atoms with Crippen molar-refractivity contribution in [2.75, 3.05) is 26.4 Å². The highest BCUT2D eigenvalue weighted by Crippen LogP contribution is 2.37. The van der Waals surface area contributed by atoms with E-state index in [1.807, 2.05) is 0 Å². The summed E-state index contributed by atoms with van der Waals surface area (Å²) in [5.74, 6) is -5.02. The lowest BCUT2D eigenvalue weighted by Gasteiger charge is -2.42. The molecule has 19 nitrogen and oxygen atoms in total. The van der Waals surface area contributed by atoms with Gasteiger partial charge in [0.15, 0.2) is 43.3 Å². The molecule has 0 spiro atoms. The highest BCUT2D eigenvalue weighted by molar-refractivity contribution is 5.92. The van der Waals surface area contributed by atoms with Gasteiger partial charge in [-0.25, -0.2) is 28.8 Å². The van der Waals surface area contributed by atoms with Crippen molar-refractivity contribution in [1.29, 1.82) is 0 Å². The predicted octanol–water partition coefficient (Wildman–Crippen LogP) is 6.74. The van der Waals surface area contributed by atoms with Gasteiger partial charge < -0.3 is 61.9 Å². The molecule has 0 bridgehead atoms. The lowest BCUT2D eigenvalue weighted by atomic mass is 10.0. The molecule has 0 radical (unpaired) electrons. The number of hydrogen-bond acceptors (Lipinski definition) is 19. The number of aliphatic hydroxyl groups excluding tert-OH is 1. The molecule has 0 saturated carbocycles. The summed E-state index contributed by atoms with van der Waals surface area (Å²) in [5, 5.41) is 12.0. The van der Waals surface area contributed by atoms with Gasteiger partial charge in [0.2, 0.25) is 0 Å². The Balaban J connectivity index is 1.07. The summed E-state index contributed by atoms with van der Waals surface area (Å²) >= 11 is 0. The number of benzene rings is 6. The largest absolute Gasteiger partial charge is 0.459 e. The van der Waals surface area contributed by atoms with Gasteiger partial charge in [-0.05, 0) is 72.8 Å². The maximum absolute atomic E-state index is 14.1. The van der Waals surface area contributed by atoms with Crippen LogP contribution in [-0.4, -0.2) is 141 Å². The summed E-state index contributed by atoms with van der Waals surface area (Å²) in [7, 11) is 0. The first kappa shape index (κ1) is 55.4. The Morgan fingerprint density at radius 3 is 1.05 bits per heavy atom. The van der Waals surface area contributed by atoms with Crippen LogP contribution >= 0.6 is 0 Å². The van der Waals surface area contributed by atoms with Gasteiger partial charge >= 0.3 is 35.8 Å². The molecule has 0 unspecified atom stereocenters. The topological polar surface area (TPSA) is 233 Å². The minimum Gasteiger partial charge on any atom is -0.459 e. The Morgan fingerprint density at radius 2 is 0.722 bits per heavy atom. The number of carbonyl (C=O) groups excluding carboxylic acids is 6. The number of aliphatic hydroxyl groups is 1. The van der Waals surface area contributed by atoms with Crippen LogP contribution in [0.5, 0.6) is 0 Å². The van der Waals surface area contributed by atoms with Gasteiger partial charge in [-0.1, -0.05) is 115 Å². The Bertz CT molecular complexity index is 2990. The van der Waals surface area contributed by atoms with E-state index in [2.05, 4.69) is 6.58 Å². The number of esters is 6. The summed E-state index contributed by atoms with van der Waals surface area (Å²) in [6, 6.07) is 47.9. The molecule has 9 rings (SSSR count). The zero-order valence-electron chi connectivity index (χ0n) is 42.2. The SMILES string of the molecule is C=CCO[C@@H]1OC[C@@H](O)[C@H](O[C@@H]2O[C@@H](COC(=O)c3ccccc3)[C@H](OC(=O)c3ccccc3)[C@H]2OC(=O)c2ccccc2)[C@H]1O[C@@H]1O[C@@H](COC(=O)c2ccccc2)[C@H](OC(=O)c2ccccc2)[C@H]1OC(=O)c1ccccc1. The maximum atomic E-state index is 14.1. The fraction of sp³-hybridized carbons (Fsp3) is 0.267. The highest BCUT2D eigenvalue weighted by atomic mass is 16.8. The fourth-order valence-electron chi connectivity index (χ4n) is 8.78. The van der Waals surface area contributed by atoms with Crippen molar-refractivity contribution in [1.82, 2.24) is 0 Å². The summed E-state index contributed by atoms with van der Waals surface area (Å²) in [4.78, 5) is 82.7. The minimum absolute atomic E-state index is 0.0964. The molecule has 0 aromatic heterocycles. The van der Waals surface area contributed by atoms with Crippen molar-refractivity contribution in [2.45, 2.75) is 73.8 Å². The first-order valence-electron chi connectivity index (χ1n) is 25.2. The monoisotopic (exact) mass is 1080 g/mol. The molecule has 79 heavy (non-hydrogen) atoms. The third-order valence-electron chi connectivity index (χ3n) is 12.7. The Morgan fingerprint density at radius 1 is 0.418 bits per heavy atom. The molecule has 3 fully saturated rings. The summed E-state index contributed by atoms with van der Waals surface area (Å²) in [6.07, 6.45) is -17.6. The van der Waals surface area contributed by atoms with Crippen molar-refractivity contribution >= 4 is 35.8 Å². The zero-order valence-corrected chi connectivity index (χ0v) is 42.2. The molecule has 6 aromatic rings. The van der Waals surface area contributed by atoms with Gasteiger partial charge in [0.05, 0.1) is 46.6 Å². The van der Waals surface area contributed by atoms with Crippen molar-refractivity contribution in [2.24, 2.45) is 0 Å². The number of ether oxygens (including phenoxy) is 12. The van der Waals surface area contributed by atoms with E-state index in [0.717, 1.165) is 0 Å². The molecule has 3 aliphatic heterocycles. The second-order valence-electron chi connectivity index (χ2n) is 18.1. The van der Waals surface area contributed by atoms with Gasteiger partial charge in [-0.15, -0.1) is 6.58 Å². The van der Waals surface area contributed by atoms with Crippen molar-refractivity contribution in [3.63, 3.8) is 0 Å². The van der Waals surface area contributed by atoms with Crippen LogP contribution in [0.4, 0.5) is 0 Å². The van der Waals surface area contributed by atoms with Crippen LogP contribution in [0.1, 0.15) is 62.1 Å². The minimum atomic E-state index is -1.76. The maximum Gasteiger partial charge on any atom is 0.338 e. The van der Waals surface area contributed by atoms with Gasteiger partial charge in [0, 0.05) is 0 Å². The van der Waals surface area contributed by atoms with Gasteiger partial charge in [-0.3, -0.25) is 0 Å². The van der Waals surface area contributed by atoms with Crippen molar-refractivity contribution in [3.05, 3.63) is 228 Å². The second kappa shape index (κ2) is 26.8. The smallest absolute Gasteiger partial charge is 0.338 e. The normalized spacial score (nSPS) is 25.2. The van der Waals surface area contributed by atoms with Gasteiger partial charge in [0.1, 0.15) is 43.7 Å². The molecule has 0 aliphatic carbocycles. The average molecular weight is 1080 g/mol. The lowest BCUT2D eigenvalue weighted by Crippen LogP contribution is -2.59. The lowest BCUT2D eigenvalue weighted by molar-refractivity contribution is -0.340. The van der Waals surface area contributed by atoms with Gasteiger partial charge in [-0.2, -0.15) is 0 Å². The van der Waals surface area contributed by atoms with E-state index in [-0.39, 0.29) is 40.0 Å². The quantitative estimate of drug-likeness (QED) is 0.0446. The average Bonchev–Trinajstić information content (AvgIpc) is 4.06. The predicted molar refractivity (Wildman–Crippen MR) is 275 cm³/mol. The Hall–Kier alpha value is -8.40. The molecule has 19 heteroatoms. The Labute approximate surface area is 453 Å². The van der Waals surface area contributed by atoms with E-state index in [1.165, 1.54) is 78.9 Å². The highest BCUT2D eigenvalue weighted by Gasteiger charge is 2.57. The third kappa shape index (κ3) is 14.0. The molecule has 12 atom stereocenters. The van der Waals surface area contributed by atoms with E-state index in [1.54, 1.807) is 109 Å². The van der Waals surface area contributed by atoms with E-state index in [9.17, 15) is 33.9 Å². The first-order chi connectivity index (χ1) is 38.5. The van der Waals surface area contributed by atoms with E-state index >= 15 is 0 Å². The van der Waals surface area contributed by atoms with Crippen molar-refractivity contribution < 1.29 is 90.7 Å². The number of rotatable bonds is 21. The molecule has 408 valence electrons. The molecule has 3 aliphatic rings. The number of carbonyl (C=O) groups is 6. The van der Waals surface area contributed by atoms with Crippen molar-refractivity contribution in [3.8, 4) is 0 Å². The summed E-state index contributed by atoms with van der Waals surface area (Å²) in [6.45, 7) is 2.01. The molecular weight excluding hydrogens is 1020 g/mol. The van der Waals surface area contributed by atoms with E-state index in [4.69, 9.17) is 56.8 Å². The van der Waals surface area contributed by atoms with Crippen LogP contribution in [0.25, 0.3) is 0 Å². The molecule has 0 amide bonds. The fourth-order valence-corrected chi connectivity index (χ4v) is 8.78. The van der Waals surface area contributed by atoms with Crippen LogP contribution in [0.3, 0.4) is 0 Å². The van der Waals surface area contributed by atoms with Crippen LogP contribution in [-0.2, 0) is 56.8 Å². The summed E-state index contributed by atoms with van der Waals surface area (Å²) < 4.78 is 74.2. The molecule has 6 aromatic carbocycles. The molecule has 3 saturated heterocycles. The van der Waals surface area contributed by atoms with Gasteiger partial charge in [0.25, 0.3) is 0 Å². The zero-order chi connectivity index (χ0) is 55.1. The van der Waals surface area contributed by atoms with Crippen LogP contribution < -0.4 is 0 Å². The molecule has 3 heterocycles. The third-order valence-corrected chi connectivity index (χ3v) is 12.7. The van der Waals surface area contributed by atoms with Crippen LogP contribution in [0.2, 0.25) is 0 Å². The van der Waals surface area contributed by atoms with E-state index < -0.39 is 129 Å². The second-order valence-corrected chi connectivity index (χ2v) is 18.1. The van der Waals surface area contributed by atoms with Crippen LogP contribution in [0, 0.1) is 0 Å². The van der Waals surface area contributed by atoms with E-state index in [0.29, 0.717) is 0 Å². The number of hydrogen-bond donors (Lipinski definition) is 1. The molecular formula is C60H54O19.